The van der Waals surface area contributed by atoms with Gasteiger partial charge in [0.05, 0.1) is 4.47 Å². The lowest BCUT2D eigenvalue weighted by Gasteiger charge is -2.12. The summed E-state index contributed by atoms with van der Waals surface area (Å²) in [6.07, 6.45) is 0.764. The number of halogens is 2. The van der Waals surface area contributed by atoms with Crippen molar-refractivity contribution in [1.82, 2.24) is 0 Å². The van der Waals surface area contributed by atoms with Gasteiger partial charge in [0.25, 0.3) is 0 Å². The highest BCUT2D eigenvalue weighted by atomic mass is 79.9. The average molecular weight is 324 g/mol. The van der Waals surface area contributed by atoms with Crippen LogP contribution in [-0.4, -0.2) is 6.54 Å². The molecule has 0 aliphatic heterocycles. The second-order valence-electron chi connectivity index (χ2n) is 4.15. The maximum Gasteiger partial charge on any atom is 0.137 e. The second kappa shape index (κ2) is 6.68. The zero-order chi connectivity index (χ0) is 13.7. The van der Waals surface area contributed by atoms with E-state index in [1.807, 2.05) is 30.3 Å². The van der Waals surface area contributed by atoms with E-state index in [-0.39, 0.29) is 5.82 Å². The lowest BCUT2D eigenvalue weighted by Crippen LogP contribution is -2.05. The zero-order valence-corrected chi connectivity index (χ0v) is 12.0. The van der Waals surface area contributed by atoms with Crippen LogP contribution in [0.3, 0.4) is 0 Å². The largest absolute Gasteiger partial charge is 0.489 e. The molecule has 0 bridgehead atoms. The zero-order valence-electron chi connectivity index (χ0n) is 10.4. The Kier molecular flexibility index (Phi) is 4.93. The van der Waals surface area contributed by atoms with Crippen molar-refractivity contribution in [2.24, 2.45) is 5.73 Å². The van der Waals surface area contributed by atoms with Crippen LogP contribution >= 0.6 is 15.9 Å². The summed E-state index contributed by atoms with van der Waals surface area (Å²) in [6, 6.07) is 12.7. The van der Waals surface area contributed by atoms with Gasteiger partial charge >= 0.3 is 0 Å². The molecule has 0 aliphatic rings. The van der Waals surface area contributed by atoms with Gasteiger partial charge in [-0.2, -0.15) is 0 Å². The van der Waals surface area contributed by atoms with E-state index in [1.165, 1.54) is 6.07 Å². The normalized spacial score (nSPS) is 10.5. The van der Waals surface area contributed by atoms with Crippen molar-refractivity contribution < 1.29 is 9.13 Å². The molecule has 0 saturated carbocycles. The van der Waals surface area contributed by atoms with Crippen molar-refractivity contribution in [3.8, 4) is 5.75 Å². The van der Waals surface area contributed by atoms with E-state index in [4.69, 9.17) is 10.5 Å². The Hall–Kier alpha value is -1.39. The maximum absolute atomic E-state index is 13.4. The van der Waals surface area contributed by atoms with Crippen molar-refractivity contribution in [1.29, 1.82) is 0 Å². The van der Waals surface area contributed by atoms with Crippen LogP contribution < -0.4 is 10.5 Å². The monoisotopic (exact) mass is 323 g/mol. The first-order valence-corrected chi connectivity index (χ1v) is 6.85. The van der Waals surface area contributed by atoms with Crippen LogP contribution in [-0.2, 0) is 13.0 Å². The van der Waals surface area contributed by atoms with Gasteiger partial charge < -0.3 is 10.5 Å². The van der Waals surface area contributed by atoms with Gasteiger partial charge in [-0.15, -0.1) is 0 Å². The molecule has 0 fully saturated rings. The molecule has 4 heteroatoms. The van der Waals surface area contributed by atoms with Crippen molar-refractivity contribution in [2.45, 2.75) is 13.0 Å². The molecule has 2 aromatic rings. The van der Waals surface area contributed by atoms with Crippen LogP contribution in [0.15, 0.2) is 46.9 Å². The summed E-state index contributed by atoms with van der Waals surface area (Å²) in [7, 11) is 0. The molecule has 2 nitrogen and oxygen atoms in total. The molecule has 100 valence electrons. The number of nitrogens with two attached hydrogens (primary N) is 1. The first kappa shape index (κ1) is 14.0. The summed E-state index contributed by atoms with van der Waals surface area (Å²) in [5, 5.41) is 0. The lowest BCUT2D eigenvalue weighted by molar-refractivity contribution is 0.301. The third-order valence-electron chi connectivity index (χ3n) is 2.80. The van der Waals surface area contributed by atoms with Gasteiger partial charge in [-0.25, -0.2) is 4.39 Å². The van der Waals surface area contributed by atoms with Gasteiger partial charge in [-0.05, 0) is 46.6 Å². The molecule has 2 aromatic carbocycles. The molecular weight excluding hydrogens is 309 g/mol. The molecule has 0 heterocycles. The van der Waals surface area contributed by atoms with Crippen LogP contribution in [0.4, 0.5) is 4.39 Å². The standard InChI is InChI=1S/C15H15BrFNO/c16-15-12(5-3-6-13(15)17)10-19-14-7-2-1-4-11(14)8-9-18/h1-7H,8-10,18H2. The molecule has 0 spiro atoms. The summed E-state index contributed by atoms with van der Waals surface area (Å²) in [5.41, 5.74) is 7.42. The number of rotatable bonds is 5. The summed E-state index contributed by atoms with van der Waals surface area (Å²) >= 11 is 3.23. The van der Waals surface area contributed by atoms with Gasteiger partial charge in [-0.3, -0.25) is 0 Å². The first-order valence-electron chi connectivity index (χ1n) is 6.06. The Balaban J connectivity index is 2.12. The lowest BCUT2D eigenvalue weighted by atomic mass is 10.1. The van der Waals surface area contributed by atoms with Crippen molar-refractivity contribution in [2.75, 3.05) is 6.54 Å². The predicted molar refractivity (Wildman–Crippen MR) is 77.6 cm³/mol. The summed E-state index contributed by atoms with van der Waals surface area (Å²) < 4.78 is 19.6. The Morgan fingerprint density at radius 3 is 2.58 bits per heavy atom. The minimum Gasteiger partial charge on any atom is -0.489 e. The minimum absolute atomic E-state index is 0.281. The molecule has 0 amide bonds. The maximum atomic E-state index is 13.4. The van der Waals surface area contributed by atoms with Crippen molar-refractivity contribution >= 4 is 15.9 Å². The van der Waals surface area contributed by atoms with Gasteiger partial charge in [0, 0.05) is 5.56 Å². The molecule has 0 radical (unpaired) electrons. The third kappa shape index (κ3) is 3.55. The number of para-hydroxylation sites is 1. The highest BCUT2D eigenvalue weighted by Crippen LogP contribution is 2.24. The second-order valence-corrected chi connectivity index (χ2v) is 4.94. The average Bonchev–Trinajstić information content (AvgIpc) is 2.42. The molecule has 0 aromatic heterocycles. The Bertz CT molecular complexity index is 560. The molecular formula is C15H15BrFNO. The molecule has 0 atom stereocenters. The summed E-state index contributed by atoms with van der Waals surface area (Å²) in [6.45, 7) is 0.893. The van der Waals surface area contributed by atoms with Crippen LogP contribution in [0.25, 0.3) is 0 Å². The van der Waals surface area contributed by atoms with Gasteiger partial charge in [0.1, 0.15) is 18.2 Å². The van der Waals surface area contributed by atoms with Gasteiger partial charge in [0.15, 0.2) is 0 Å². The van der Waals surface area contributed by atoms with Gasteiger partial charge in [0.2, 0.25) is 0 Å². The van der Waals surface area contributed by atoms with Crippen molar-refractivity contribution in [3.63, 3.8) is 0 Å². The number of hydrogen-bond donors (Lipinski definition) is 1. The molecule has 19 heavy (non-hydrogen) atoms. The Morgan fingerprint density at radius 2 is 1.79 bits per heavy atom. The molecule has 0 aliphatic carbocycles. The molecule has 2 N–H and O–H groups in total. The summed E-state index contributed by atoms with van der Waals surface area (Å²) in [4.78, 5) is 0. The van der Waals surface area contributed by atoms with Gasteiger partial charge in [-0.1, -0.05) is 30.3 Å². The van der Waals surface area contributed by atoms with E-state index in [2.05, 4.69) is 15.9 Å². The highest BCUT2D eigenvalue weighted by Gasteiger charge is 2.07. The fourth-order valence-corrected chi connectivity index (χ4v) is 2.20. The van der Waals surface area contributed by atoms with E-state index in [0.717, 1.165) is 23.3 Å². The van der Waals surface area contributed by atoms with E-state index < -0.39 is 0 Å². The number of benzene rings is 2. The quantitative estimate of drug-likeness (QED) is 0.911. The smallest absolute Gasteiger partial charge is 0.137 e. The third-order valence-corrected chi connectivity index (χ3v) is 3.69. The van der Waals surface area contributed by atoms with E-state index in [1.54, 1.807) is 6.07 Å². The number of ether oxygens (including phenoxy) is 1. The summed E-state index contributed by atoms with van der Waals surface area (Å²) in [5.74, 6) is 0.514. The molecule has 2 rings (SSSR count). The number of hydrogen-bond acceptors (Lipinski definition) is 2. The van der Waals surface area contributed by atoms with E-state index >= 15 is 0 Å². The first-order chi connectivity index (χ1) is 9.22. The Morgan fingerprint density at radius 1 is 1.05 bits per heavy atom. The fraction of sp³-hybridized carbons (Fsp3) is 0.200. The van der Waals surface area contributed by atoms with Crippen LogP contribution in [0, 0.1) is 5.82 Å². The fourth-order valence-electron chi connectivity index (χ4n) is 1.82. The van der Waals surface area contributed by atoms with Crippen LogP contribution in [0.5, 0.6) is 5.75 Å². The van der Waals surface area contributed by atoms with Crippen molar-refractivity contribution in [3.05, 3.63) is 63.9 Å². The predicted octanol–water partition coefficient (Wildman–Crippen LogP) is 3.67. The van der Waals surface area contributed by atoms with Crippen LogP contribution in [0.2, 0.25) is 0 Å². The van der Waals surface area contributed by atoms with E-state index in [9.17, 15) is 4.39 Å². The van der Waals surface area contributed by atoms with E-state index in [0.29, 0.717) is 17.6 Å². The highest BCUT2D eigenvalue weighted by molar-refractivity contribution is 9.10. The molecule has 0 unspecified atom stereocenters. The molecule has 0 saturated heterocycles. The SMILES string of the molecule is NCCc1ccccc1OCc1cccc(F)c1Br. The van der Waals surface area contributed by atoms with Crippen LogP contribution in [0.1, 0.15) is 11.1 Å². The topological polar surface area (TPSA) is 35.2 Å². The Labute approximate surface area is 120 Å². The minimum atomic E-state index is -0.281.